The van der Waals surface area contributed by atoms with Gasteiger partial charge in [0.2, 0.25) is 0 Å². The Kier molecular flexibility index (Phi) is 3.86. The minimum atomic E-state index is 0.363. The summed E-state index contributed by atoms with van der Waals surface area (Å²) < 4.78 is 5.73. The lowest BCUT2D eigenvalue weighted by atomic mass is 10.2. The van der Waals surface area contributed by atoms with Crippen LogP contribution in [-0.2, 0) is 0 Å². The van der Waals surface area contributed by atoms with Crippen molar-refractivity contribution in [2.45, 2.75) is 0 Å². The van der Waals surface area contributed by atoms with Crippen molar-refractivity contribution in [3.05, 3.63) is 39.0 Å². The van der Waals surface area contributed by atoms with E-state index in [1.54, 1.807) is 25.4 Å². The van der Waals surface area contributed by atoms with Crippen molar-refractivity contribution in [3.63, 3.8) is 0 Å². The number of hydrogen-bond donors (Lipinski definition) is 0. The molecule has 17 heavy (non-hydrogen) atoms. The first-order chi connectivity index (χ1) is 8.11. The first-order valence-corrected chi connectivity index (χ1v) is 6.18. The Morgan fingerprint density at radius 2 is 2.06 bits per heavy atom. The summed E-state index contributed by atoms with van der Waals surface area (Å²) in [4.78, 5) is 8.31. The van der Waals surface area contributed by atoms with E-state index in [0.29, 0.717) is 26.2 Å². The molecular weight excluding hydrogens is 327 g/mol. The van der Waals surface area contributed by atoms with Gasteiger partial charge in [-0.05, 0) is 34.1 Å². The summed E-state index contributed by atoms with van der Waals surface area (Å²) in [6.45, 7) is 0. The highest BCUT2D eigenvalue weighted by atomic mass is 79.9. The smallest absolute Gasteiger partial charge is 0.160 e. The van der Waals surface area contributed by atoms with Crippen LogP contribution < -0.4 is 4.74 Å². The van der Waals surface area contributed by atoms with Crippen molar-refractivity contribution >= 4 is 39.1 Å². The van der Waals surface area contributed by atoms with Gasteiger partial charge in [-0.3, -0.25) is 0 Å². The standard InChI is InChI=1S/C11H7BrCl2N2O/c1-17-9-3-2-6(4-8(9)13)11-15-5-7(12)10(14)16-11/h2-5H,1H3. The summed E-state index contributed by atoms with van der Waals surface area (Å²) in [5.74, 6) is 1.13. The van der Waals surface area contributed by atoms with Crippen LogP contribution in [0.15, 0.2) is 28.9 Å². The first kappa shape index (κ1) is 12.6. The van der Waals surface area contributed by atoms with Crippen molar-refractivity contribution < 1.29 is 4.74 Å². The highest BCUT2D eigenvalue weighted by molar-refractivity contribution is 9.10. The Labute approximate surface area is 117 Å². The van der Waals surface area contributed by atoms with Gasteiger partial charge in [0.1, 0.15) is 10.9 Å². The molecule has 0 aliphatic heterocycles. The lowest BCUT2D eigenvalue weighted by Gasteiger charge is -2.05. The summed E-state index contributed by atoms with van der Waals surface area (Å²) in [7, 11) is 1.56. The summed E-state index contributed by atoms with van der Waals surface area (Å²) in [5.41, 5.74) is 0.783. The molecule has 0 atom stereocenters. The van der Waals surface area contributed by atoms with Crippen LogP contribution in [0.2, 0.25) is 10.2 Å². The fraction of sp³-hybridized carbons (Fsp3) is 0.0909. The van der Waals surface area contributed by atoms with Crippen molar-refractivity contribution in [2.75, 3.05) is 7.11 Å². The van der Waals surface area contributed by atoms with Crippen LogP contribution >= 0.6 is 39.1 Å². The average Bonchev–Trinajstić information content (AvgIpc) is 2.32. The highest BCUT2D eigenvalue weighted by Gasteiger charge is 2.08. The van der Waals surface area contributed by atoms with E-state index in [4.69, 9.17) is 27.9 Å². The SMILES string of the molecule is COc1ccc(-c2ncc(Br)c(Cl)n2)cc1Cl. The third-order valence-electron chi connectivity index (χ3n) is 2.11. The molecule has 0 aliphatic carbocycles. The maximum atomic E-state index is 6.03. The van der Waals surface area contributed by atoms with Gasteiger partial charge >= 0.3 is 0 Å². The third-order valence-corrected chi connectivity index (χ3v) is 3.50. The average molecular weight is 334 g/mol. The zero-order valence-corrected chi connectivity index (χ0v) is 11.8. The van der Waals surface area contributed by atoms with E-state index in [-0.39, 0.29) is 0 Å². The van der Waals surface area contributed by atoms with Crippen molar-refractivity contribution in [1.82, 2.24) is 9.97 Å². The quantitative estimate of drug-likeness (QED) is 0.772. The maximum Gasteiger partial charge on any atom is 0.160 e. The zero-order chi connectivity index (χ0) is 12.4. The van der Waals surface area contributed by atoms with E-state index >= 15 is 0 Å². The van der Waals surface area contributed by atoms with Crippen molar-refractivity contribution in [2.24, 2.45) is 0 Å². The Balaban J connectivity index is 2.46. The van der Waals surface area contributed by atoms with Gasteiger partial charge in [-0.15, -0.1) is 0 Å². The van der Waals surface area contributed by atoms with E-state index in [2.05, 4.69) is 25.9 Å². The second-order valence-corrected chi connectivity index (χ2v) is 4.80. The molecule has 0 saturated heterocycles. The van der Waals surface area contributed by atoms with Crippen LogP contribution in [0.25, 0.3) is 11.4 Å². The van der Waals surface area contributed by atoms with Gasteiger partial charge < -0.3 is 4.74 Å². The van der Waals surface area contributed by atoms with Gasteiger partial charge in [-0.1, -0.05) is 23.2 Å². The van der Waals surface area contributed by atoms with Crippen molar-refractivity contribution in [1.29, 1.82) is 0 Å². The minimum Gasteiger partial charge on any atom is -0.495 e. The van der Waals surface area contributed by atoms with Crippen LogP contribution in [0.1, 0.15) is 0 Å². The minimum absolute atomic E-state index is 0.363. The number of halogens is 3. The Hall–Kier alpha value is -0.840. The summed E-state index contributed by atoms with van der Waals surface area (Å²) in [5, 5.41) is 0.870. The number of hydrogen-bond acceptors (Lipinski definition) is 3. The molecule has 0 amide bonds. The number of aromatic nitrogens is 2. The van der Waals surface area contributed by atoms with Crippen LogP contribution in [0.3, 0.4) is 0 Å². The fourth-order valence-electron chi connectivity index (χ4n) is 1.29. The van der Waals surface area contributed by atoms with E-state index in [0.717, 1.165) is 5.56 Å². The molecule has 3 nitrogen and oxygen atoms in total. The monoisotopic (exact) mass is 332 g/mol. The molecule has 0 bridgehead atoms. The Morgan fingerprint density at radius 1 is 1.29 bits per heavy atom. The predicted molar refractivity (Wildman–Crippen MR) is 71.7 cm³/mol. The van der Waals surface area contributed by atoms with Crippen LogP contribution in [-0.4, -0.2) is 17.1 Å². The maximum absolute atomic E-state index is 6.03. The van der Waals surface area contributed by atoms with E-state index in [1.165, 1.54) is 0 Å². The van der Waals surface area contributed by atoms with Gasteiger partial charge in [0.15, 0.2) is 5.82 Å². The summed E-state index contributed by atoms with van der Waals surface area (Å²) in [6, 6.07) is 5.32. The normalized spacial score (nSPS) is 10.4. The molecule has 2 aromatic rings. The summed E-state index contributed by atoms with van der Waals surface area (Å²) in [6.07, 6.45) is 1.60. The largest absolute Gasteiger partial charge is 0.495 e. The van der Waals surface area contributed by atoms with E-state index in [1.807, 2.05) is 6.07 Å². The molecule has 1 aromatic carbocycles. The Bertz CT molecular complexity index is 563. The number of rotatable bonds is 2. The number of methoxy groups -OCH3 is 1. The topological polar surface area (TPSA) is 35.0 Å². The number of benzene rings is 1. The second-order valence-electron chi connectivity index (χ2n) is 3.18. The molecule has 6 heteroatoms. The van der Waals surface area contributed by atoms with E-state index < -0.39 is 0 Å². The molecule has 0 spiro atoms. The second kappa shape index (κ2) is 5.21. The van der Waals surface area contributed by atoms with Gasteiger partial charge in [-0.2, -0.15) is 0 Å². The first-order valence-electron chi connectivity index (χ1n) is 4.64. The molecule has 0 N–H and O–H groups in total. The van der Waals surface area contributed by atoms with E-state index in [9.17, 15) is 0 Å². The highest BCUT2D eigenvalue weighted by Crippen LogP contribution is 2.29. The van der Waals surface area contributed by atoms with Crippen molar-refractivity contribution in [3.8, 4) is 17.1 Å². The molecule has 1 heterocycles. The fourth-order valence-corrected chi connectivity index (χ4v) is 1.87. The summed E-state index contributed by atoms with van der Waals surface area (Å²) >= 11 is 15.2. The molecule has 0 radical (unpaired) electrons. The molecule has 0 saturated carbocycles. The van der Waals surface area contributed by atoms with Crippen LogP contribution in [0.5, 0.6) is 5.75 Å². The number of ether oxygens (including phenoxy) is 1. The van der Waals surface area contributed by atoms with Gasteiger partial charge in [-0.25, -0.2) is 9.97 Å². The Morgan fingerprint density at radius 3 is 2.65 bits per heavy atom. The third kappa shape index (κ3) is 2.70. The molecule has 1 aromatic heterocycles. The number of nitrogens with zero attached hydrogens (tertiary/aromatic N) is 2. The van der Waals surface area contributed by atoms with Gasteiger partial charge in [0.05, 0.1) is 16.6 Å². The predicted octanol–water partition coefficient (Wildman–Crippen LogP) is 4.22. The molecule has 0 aliphatic rings. The van der Waals surface area contributed by atoms with Crippen LogP contribution in [0, 0.1) is 0 Å². The lowest BCUT2D eigenvalue weighted by Crippen LogP contribution is -1.91. The lowest BCUT2D eigenvalue weighted by molar-refractivity contribution is 0.415. The van der Waals surface area contributed by atoms with Crippen LogP contribution in [0.4, 0.5) is 0 Å². The molecule has 0 fully saturated rings. The van der Waals surface area contributed by atoms with Gasteiger partial charge in [0.25, 0.3) is 0 Å². The molecule has 88 valence electrons. The zero-order valence-electron chi connectivity index (χ0n) is 8.75. The van der Waals surface area contributed by atoms with Gasteiger partial charge in [0, 0.05) is 11.8 Å². The molecule has 2 rings (SSSR count). The molecule has 0 unspecified atom stereocenters. The molecular formula is C11H7BrCl2N2O.